The van der Waals surface area contributed by atoms with Crippen LogP contribution in [0.1, 0.15) is 20.3 Å². The van der Waals surface area contributed by atoms with Crippen LogP contribution in [-0.4, -0.2) is 23.2 Å². The SMILES string of the molecule is CCCOc1c(I)cc(-c2nc3ccccc3[nH]2)cc1OCC. The van der Waals surface area contributed by atoms with Crippen molar-refractivity contribution in [2.75, 3.05) is 13.2 Å². The minimum Gasteiger partial charge on any atom is -0.490 e. The van der Waals surface area contributed by atoms with Gasteiger partial charge in [0, 0.05) is 5.56 Å². The molecule has 0 aliphatic rings. The predicted molar refractivity (Wildman–Crippen MR) is 101 cm³/mol. The smallest absolute Gasteiger partial charge is 0.174 e. The molecular weight excluding hydrogens is 403 g/mol. The third-order valence-electron chi connectivity index (χ3n) is 3.42. The van der Waals surface area contributed by atoms with Crippen molar-refractivity contribution in [3.05, 3.63) is 40.0 Å². The second kappa shape index (κ2) is 7.21. The highest BCUT2D eigenvalue weighted by Crippen LogP contribution is 2.37. The average Bonchev–Trinajstić information content (AvgIpc) is 2.98. The van der Waals surface area contributed by atoms with E-state index in [1.165, 1.54) is 0 Å². The zero-order chi connectivity index (χ0) is 16.2. The van der Waals surface area contributed by atoms with Crippen LogP contribution in [0.4, 0.5) is 0 Å². The fraction of sp³-hybridized carbons (Fsp3) is 0.278. The Morgan fingerprint density at radius 1 is 1.13 bits per heavy atom. The number of aromatic nitrogens is 2. The van der Waals surface area contributed by atoms with Crippen molar-refractivity contribution in [3.63, 3.8) is 0 Å². The van der Waals surface area contributed by atoms with Crippen LogP contribution in [0, 0.1) is 3.57 Å². The molecule has 3 rings (SSSR count). The number of rotatable bonds is 6. The Bertz CT molecular complexity index is 781. The maximum Gasteiger partial charge on any atom is 0.174 e. The van der Waals surface area contributed by atoms with E-state index >= 15 is 0 Å². The summed E-state index contributed by atoms with van der Waals surface area (Å²) in [4.78, 5) is 8.02. The molecular formula is C18H19IN2O2. The summed E-state index contributed by atoms with van der Waals surface area (Å²) >= 11 is 2.29. The maximum absolute atomic E-state index is 5.86. The third-order valence-corrected chi connectivity index (χ3v) is 4.22. The van der Waals surface area contributed by atoms with Gasteiger partial charge in [0.2, 0.25) is 0 Å². The molecule has 1 aromatic heterocycles. The number of imidazole rings is 1. The molecule has 3 aromatic rings. The lowest BCUT2D eigenvalue weighted by Crippen LogP contribution is -2.02. The van der Waals surface area contributed by atoms with Gasteiger partial charge in [-0.15, -0.1) is 0 Å². The van der Waals surface area contributed by atoms with E-state index in [0.29, 0.717) is 13.2 Å². The van der Waals surface area contributed by atoms with Crippen LogP contribution >= 0.6 is 22.6 Å². The lowest BCUT2D eigenvalue weighted by Gasteiger charge is -2.14. The Hall–Kier alpha value is -1.76. The van der Waals surface area contributed by atoms with Crippen molar-refractivity contribution in [3.8, 4) is 22.9 Å². The Balaban J connectivity index is 2.05. The van der Waals surface area contributed by atoms with Gasteiger partial charge in [-0.05, 0) is 60.2 Å². The van der Waals surface area contributed by atoms with Gasteiger partial charge in [-0.25, -0.2) is 4.98 Å². The first-order valence-corrected chi connectivity index (χ1v) is 8.85. The van der Waals surface area contributed by atoms with E-state index in [9.17, 15) is 0 Å². The van der Waals surface area contributed by atoms with Gasteiger partial charge in [0.15, 0.2) is 11.5 Å². The third kappa shape index (κ3) is 3.44. The van der Waals surface area contributed by atoms with Crippen LogP contribution < -0.4 is 9.47 Å². The molecule has 0 unspecified atom stereocenters. The van der Waals surface area contributed by atoms with E-state index < -0.39 is 0 Å². The number of nitrogens with one attached hydrogen (secondary N) is 1. The van der Waals surface area contributed by atoms with Crippen LogP contribution in [0.5, 0.6) is 11.5 Å². The Labute approximate surface area is 149 Å². The number of hydrogen-bond acceptors (Lipinski definition) is 3. The molecule has 0 saturated heterocycles. The molecule has 0 atom stereocenters. The van der Waals surface area contributed by atoms with Crippen LogP contribution in [0.2, 0.25) is 0 Å². The Morgan fingerprint density at radius 2 is 1.96 bits per heavy atom. The van der Waals surface area contributed by atoms with Gasteiger partial charge < -0.3 is 14.5 Å². The number of halogens is 1. The van der Waals surface area contributed by atoms with Gasteiger partial charge in [0.25, 0.3) is 0 Å². The Kier molecular flexibility index (Phi) is 5.05. The summed E-state index contributed by atoms with van der Waals surface area (Å²) in [5.41, 5.74) is 2.99. The van der Waals surface area contributed by atoms with Crippen molar-refractivity contribution in [2.24, 2.45) is 0 Å². The maximum atomic E-state index is 5.86. The number of fused-ring (bicyclic) bond motifs is 1. The molecule has 0 radical (unpaired) electrons. The standard InChI is InChI=1S/C18H19IN2O2/c1-3-9-23-17-13(19)10-12(11-16(17)22-4-2)18-20-14-7-5-6-8-15(14)21-18/h5-8,10-11H,3-4,9H2,1-2H3,(H,20,21). The van der Waals surface area contributed by atoms with Gasteiger partial charge in [-0.1, -0.05) is 19.1 Å². The lowest BCUT2D eigenvalue weighted by atomic mass is 10.2. The number of H-pyrrole nitrogens is 1. The van der Waals surface area contributed by atoms with Gasteiger partial charge in [0.1, 0.15) is 5.82 Å². The molecule has 0 aliphatic carbocycles. The summed E-state index contributed by atoms with van der Waals surface area (Å²) < 4.78 is 12.7. The second-order valence-corrected chi connectivity index (χ2v) is 6.33. The first-order valence-electron chi connectivity index (χ1n) is 7.77. The van der Waals surface area contributed by atoms with Gasteiger partial charge in [0.05, 0.1) is 27.8 Å². The lowest BCUT2D eigenvalue weighted by molar-refractivity contribution is 0.275. The topological polar surface area (TPSA) is 47.1 Å². The summed E-state index contributed by atoms with van der Waals surface area (Å²) in [6.45, 7) is 5.35. The first-order chi connectivity index (χ1) is 11.2. The molecule has 120 valence electrons. The average molecular weight is 422 g/mol. The predicted octanol–water partition coefficient (Wildman–Crippen LogP) is 5.02. The van der Waals surface area contributed by atoms with Crippen molar-refractivity contribution in [2.45, 2.75) is 20.3 Å². The molecule has 0 aliphatic heterocycles. The molecule has 23 heavy (non-hydrogen) atoms. The molecule has 0 spiro atoms. The molecule has 1 N–H and O–H groups in total. The molecule has 0 fully saturated rings. The van der Waals surface area contributed by atoms with Crippen molar-refractivity contribution in [1.82, 2.24) is 9.97 Å². The molecule has 5 heteroatoms. The Morgan fingerprint density at radius 3 is 2.70 bits per heavy atom. The van der Waals surface area contributed by atoms with Gasteiger partial charge in [-0.2, -0.15) is 0 Å². The van der Waals surface area contributed by atoms with Crippen LogP contribution in [0.25, 0.3) is 22.4 Å². The number of aromatic amines is 1. The van der Waals surface area contributed by atoms with Crippen LogP contribution in [0.15, 0.2) is 36.4 Å². The monoisotopic (exact) mass is 422 g/mol. The fourth-order valence-electron chi connectivity index (χ4n) is 2.40. The molecule has 0 bridgehead atoms. The highest BCUT2D eigenvalue weighted by Gasteiger charge is 2.15. The van der Waals surface area contributed by atoms with E-state index in [2.05, 4.69) is 45.5 Å². The van der Waals surface area contributed by atoms with E-state index in [-0.39, 0.29) is 0 Å². The van der Waals surface area contributed by atoms with Crippen molar-refractivity contribution in [1.29, 1.82) is 0 Å². The number of benzene rings is 2. The number of nitrogens with zero attached hydrogens (tertiary/aromatic N) is 1. The zero-order valence-electron chi connectivity index (χ0n) is 13.2. The van der Waals surface area contributed by atoms with Crippen LogP contribution in [-0.2, 0) is 0 Å². The summed E-state index contributed by atoms with van der Waals surface area (Å²) in [5.74, 6) is 2.42. The summed E-state index contributed by atoms with van der Waals surface area (Å²) in [6.07, 6.45) is 0.965. The minimum absolute atomic E-state index is 0.599. The zero-order valence-corrected chi connectivity index (χ0v) is 15.4. The van der Waals surface area contributed by atoms with E-state index in [0.717, 1.165) is 43.9 Å². The molecule has 1 heterocycles. The minimum atomic E-state index is 0.599. The molecule has 2 aromatic carbocycles. The quantitative estimate of drug-likeness (QED) is 0.568. The second-order valence-electron chi connectivity index (χ2n) is 5.17. The molecule has 4 nitrogen and oxygen atoms in total. The van der Waals surface area contributed by atoms with E-state index in [1.54, 1.807) is 0 Å². The largest absolute Gasteiger partial charge is 0.490 e. The van der Waals surface area contributed by atoms with Crippen molar-refractivity contribution >= 4 is 33.6 Å². The number of para-hydroxylation sites is 2. The summed E-state index contributed by atoms with van der Waals surface area (Å²) in [7, 11) is 0. The normalized spacial score (nSPS) is 10.9. The number of hydrogen-bond donors (Lipinski definition) is 1. The first kappa shape index (κ1) is 16.1. The fourth-order valence-corrected chi connectivity index (χ4v) is 3.16. The molecule has 0 amide bonds. The highest BCUT2D eigenvalue weighted by molar-refractivity contribution is 14.1. The summed E-state index contributed by atoms with van der Waals surface area (Å²) in [5, 5.41) is 0. The van der Waals surface area contributed by atoms with Crippen molar-refractivity contribution < 1.29 is 9.47 Å². The summed E-state index contributed by atoms with van der Waals surface area (Å²) in [6, 6.07) is 12.1. The van der Waals surface area contributed by atoms with E-state index in [1.807, 2.05) is 37.3 Å². The van der Waals surface area contributed by atoms with Gasteiger partial charge >= 0.3 is 0 Å². The number of ether oxygens (including phenoxy) is 2. The van der Waals surface area contributed by atoms with Crippen LogP contribution in [0.3, 0.4) is 0 Å². The van der Waals surface area contributed by atoms with Gasteiger partial charge in [-0.3, -0.25) is 0 Å². The highest BCUT2D eigenvalue weighted by atomic mass is 127. The van der Waals surface area contributed by atoms with E-state index in [4.69, 9.17) is 9.47 Å². The molecule has 0 saturated carbocycles.